The fourth-order valence-corrected chi connectivity index (χ4v) is 2.68. The van der Waals surface area contributed by atoms with Crippen LogP contribution in [-0.4, -0.2) is 40.5 Å². The Morgan fingerprint density at radius 1 is 1.12 bits per heavy atom. The van der Waals surface area contributed by atoms with E-state index in [-0.39, 0.29) is 11.9 Å². The van der Waals surface area contributed by atoms with E-state index < -0.39 is 0 Å². The molecule has 140 valence electrons. The number of carbonyl (C=O) groups excluding carboxylic acids is 2. The van der Waals surface area contributed by atoms with E-state index in [1.54, 1.807) is 6.92 Å². The van der Waals surface area contributed by atoms with Crippen LogP contribution in [0.15, 0.2) is 18.2 Å². The van der Waals surface area contributed by atoms with Gasteiger partial charge in [-0.2, -0.15) is 9.90 Å². The first-order valence-electron chi connectivity index (χ1n) is 8.79. The van der Waals surface area contributed by atoms with Gasteiger partial charge in [-0.1, -0.05) is 24.1 Å². The molecule has 2 aromatic rings. The van der Waals surface area contributed by atoms with Crippen molar-refractivity contribution in [3.05, 3.63) is 40.7 Å². The number of nitrogens with one attached hydrogen (secondary N) is 1. The summed E-state index contributed by atoms with van der Waals surface area (Å²) < 4.78 is 4.59. The van der Waals surface area contributed by atoms with Crippen molar-refractivity contribution in [2.75, 3.05) is 13.7 Å². The molecule has 0 saturated heterocycles. The summed E-state index contributed by atoms with van der Waals surface area (Å²) in [4.78, 5) is 24.9. The highest BCUT2D eigenvalue weighted by molar-refractivity contribution is 5.93. The van der Waals surface area contributed by atoms with Crippen LogP contribution < -0.4 is 5.32 Å². The first-order valence-corrected chi connectivity index (χ1v) is 8.79. The van der Waals surface area contributed by atoms with Crippen LogP contribution in [0.2, 0.25) is 0 Å². The Kier molecular flexibility index (Phi) is 6.89. The van der Waals surface area contributed by atoms with Gasteiger partial charge in [0.2, 0.25) is 0 Å². The van der Waals surface area contributed by atoms with Gasteiger partial charge in [0, 0.05) is 13.0 Å². The standard InChI is InChI=1S/C19H26N4O3/c1-13-9-10-16(14(2)12-13)23-21-15(3)18(22-23)19(25)20-11-7-5-6-8-17(24)26-4/h9-10,12H,5-8,11H2,1-4H3,(H,20,25). The van der Waals surface area contributed by atoms with E-state index in [2.05, 4.69) is 26.3 Å². The van der Waals surface area contributed by atoms with Gasteiger partial charge in [0.25, 0.3) is 5.91 Å². The van der Waals surface area contributed by atoms with Crippen molar-refractivity contribution >= 4 is 11.9 Å². The Bertz CT molecular complexity index is 783. The summed E-state index contributed by atoms with van der Waals surface area (Å²) in [6, 6.07) is 6.00. The second kappa shape index (κ2) is 9.12. The Labute approximate surface area is 153 Å². The molecule has 1 aromatic carbocycles. The number of unbranched alkanes of at least 4 members (excludes halogenated alkanes) is 2. The quantitative estimate of drug-likeness (QED) is 0.579. The number of hydrogen-bond acceptors (Lipinski definition) is 5. The molecule has 0 bridgehead atoms. The second-order valence-corrected chi connectivity index (χ2v) is 6.36. The van der Waals surface area contributed by atoms with Crippen molar-refractivity contribution in [1.29, 1.82) is 0 Å². The van der Waals surface area contributed by atoms with Crippen LogP contribution >= 0.6 is 0 Å². The lowest BCUT2D eigenvalue weighted by Gasteiger charge is -2.05. The van der Waals surface area contributed by atoms with E-state index in [0.717, 1.165) is 30.5 Å². The van der Waals surface area contributed by atoms with Gasteiger partial charge in [-0.15, -0.1) is 5.10 Å². The van der Waals surface area contributed by atoms with Gasteiger partial charge in [-0.3, -0.25) is 9.59 Å². The van der Waals surface area contributed by atoms with Crippen LogP contribution in [0, 0.1) is 20.8 Å². The molecule has 0 atom stereocenters. The molecule has 0 saturated carbocycles. The zero-order valence-electron chi connectivity index (χ0n) is 15.8. The highest BCUT2D eigenvalue weighted by Crippen LogP contribution is 2.15. The smallest absolute Gasteiger partial charge is 0.305 e. The van der Waals surface area contributed by atoms with Crippen LogP contribution in [0.1, 0.15) is 53.0 Å². The third-order valence-corrected chi connectivity index (χ3v) is 4.14. The van der Waals surface area contributed by atoms with Crippen LogP contribution in [0.25, 0.3) is 5.69 Å². The Hall–Kier alpha value is -2.70. The summed E-state index contributed by atoms with van der Waals surface area (Å²) in [5.41, 5.74) is 4.01. The molecule has 0 unspecified atom stereocenters. The summed E-state index contributed by atoms with van der Waals surface area (Å²) in [5, 5.41) is 11.6. The van der Waals surface area contributed by atoms with Crippen molar-refractivity contribution < 1.29 is 14.3 Å². The predicted molar refractivity (Wildman–Crippen MR) is 98.4 cm³/mol. The minimum absolute atomic E-state index is 0.201. The monoisotopic (exact) mass is 358 g/mol. The van der Waals surface area contributed by atoms with E-state index >= 15 is 0 Å². The largest absolute Gasteiger partial charge is 0.469 e. The number of esters is 1. The van der Waals surface area contributed by atoms with Crippen LogP contribution in [-0.2, 0) is 9.53 Å². The summed E-state index contributed by atoms with van der Waals surface area (Å²) in [5.74, 6) is -0.431. The summed E-state index contributed by atoms with van der Waals surface area (Å²) >= 11 is 0. The molecule has 2 rings (SSSR count). The topological polar surface area (TPSA) is 86.1 Å². The van der Waals surface area contributed by atoms with Crippen LogP contribution in [0.4, 0.5) is 0 Å². The highest BCUT2D eigenvalue weighted by atomic mass is 16.5. The lowest BCUT2D eigenvalue weighted by molar-refractivity contribution is -0.140. The minimum Gasteiger partial charge on any atom is -0.469 e. The summed E-state index contributed by atoms with van der Waals surface area (Å²) in [7, 11) is 1.39. The molecule has 1 N–H and O–H groups in total. The van der Waals surface area contributed by atoms with E-state index in [0.29, 0.717) is 24.4 Å². The van der Waals surface area contributed by atoms with E-state index in [1.165, 1.54) is 17.5 Å². The zero-order chi connectivity index (χ0) is 19.1. The van der Waals surface area contributed by atoms with Crippen molar-refractivity contribution in [2.45, 2.75) is 46.5 Å². The van der Waals surface area contributed by atoms with E-state index in [1.807, 2.05) is 26.0 Å². The Morgan fingerprint density at radius 2 is 1.88 bits per heavy atom. The molecule has 0 aliphatic carbocycles. The maximum atomic E-state index is 12.3. The Balaban J connectivity index is 1.90. The van der Waals surface area contributed by atoms with Gasteiger partial charge in [-0.25, -0.2) is 0 Å². The molecular weight excluding hydrogens is 332 g/mol. The minimum atomic E-state index is -0.230. The van der Waals surface area contributed by atoms with Crippen molar-refractivity contribution in [1.82, 2.24) is 20.3 Å². The number of benzene rings is 1. The number of amides is 1. The maximum Gasteiger partial charge on any atom is 0.305 e. The first-order chi connectivity index (χ1) is 12.4. The zero-order valence-corrected chi connectivity index (χ0v) is 15.8. The third kappa shape index (κ3) is 5.15. The molecule has 0 aliphatic heterocycles. The van der Waals surface area contributed by atoms with Gasteiger partial charge in [-0.05, 0) is 45.2 Å². The highest BCUT2D eigenvalue weighted by Gasteiger charge is 2.16. The number of aryl methyl sites for hydroxylation is 3. The molecule has 0 radical (unpaired) electrons. The Morgan fingerprint density at radius 3 is 2.58 bits per heavy atom. The summed E-state index contributed by atoms with van der Waals surface area (Å²) in [6.07, 6.45) is 2.81. The second-order valence-electron chi connectivity index (χ2n) is 6.36. The molecule has 7 heteroatoms. The number of aromatic nitrogens is 3. The van der Waals surface area contributed by atoms with E-state index in [9.17, 15) is 9.59 Å². The molecule has 1 amide bonds. The predicted octanol–water partition coefficient (Wildman–Crippen LogP) is 2.66. The fourth-order valence-electron chi connectivity index (χ4n) is 2.68. The number of rotatable bonds is 8. The number of methoxy groups -OCH3 is 1. The average molecular weight is 358 g/mol. The normalized spacial score (nSPS) is 10.6. The first kappa shape index (κ1) is 19.6. The average Bonchev–Trinajstić information content (AvgIpc) is 2.99. The maximum absolute atomic E-state index is 12.3. The van der Waals surface area contributed by atoms with Gasteiger partial charge in [0.15, 0.2) is 5.69 Å². The number of ether oxygens (including phenoxy) is 1. The molecule has 1 heterocycles. The summed E-state index contributed by atoms with van der Waals surface area (Å²) in [6.45, 7) is 6.34. The van der Waals surface area contributed by atoms with Crippen LogP contribution in [0.5, 0.6) is 0 Å². The van der Waals surface area contributed by atoms with Gasteiger partial charge in [0.1, 0.15) is 0 Å². The molecule has 0 spiro atoms. The van der Waals surface area contributed by atoms with Gasteiger partial charge < -0.3 is 10.1 Å². The number of hydrogen-bond donors (Lipinski definition) is 1. The number of carbonyl (C=O) groups is 2. The van der Waals surface area contributed by atoms with E-state index in [4.69, 9.17) is 0 Å². The fraction of sp³-hybridized carbons (Fsp3) is 0.474. The molecule has 0 fully saturated rings. The van der Waals surface area contributed by atoms with Crippen molar-refractivity contribution in [3.8, 4) is 5.69 Å². The van der Waals surface area contributed by atoms with Gasteiger partial charge in [0.05, 0.1) is 18.5 Å². The molecular formula is C19H26N4O3. The van der Waals surface area contributed by atoms with Crippen molar-refractivity contribution in [2.24, 2.45) is 0 Å². The van der Waals surface area contributed by atoms with Crippen molar-refractivity contribution in [3.63, 3.8) is 0 Å². The molecule has 1 aromatic heterocycles. The lowest BCUT2D eigenvalue weighted by atomic mass is 10.1. The molecule has 0 aliphatic rings. The lowest BCUT2D eigenvalue weighted by Crippen LogP contribution is -2.25. The van der Waals surface area contributed by atoms with Crippen LogP contribution in [0.3, 0.4) is 0 Å². The molecule has 26 heavy (non-hydrogen) atoms. The number of nitrogens with zero attached hydrogens (tertiary/aromatic N) is 3. The molecule has 7 nitrogen and oxygen atoms in total. The third-order valence-electron chi connectivity index (χ3n) is 4.14. The SMILES string of the molecule is COC(=O)CCCCCNC(=O)c1nn(-c2ccc(C)cc2C)nc1C. The van der Waals surface area contributed by atoms with Gasteiger partial charge >= 0.3 is 5.97 Å².